The molecule has 2 aliphatic heterocycles. The number of hydrogen-bond acceptors (Lipinski definition) is 4. The van der Waals surface area contributed by atoms with Crippen molar-refractivity contribution in [3.63, 3.8) is 0 Å². The summed E-state index contributed by atoms with van der Waals surface area (Å²) >= 11 is 0. The maximum atomic E-state index is 12.9. The summed E-state index contributed by atoms with van der Waals surface area (Å²) in [5.74, 6) is -0.485. The van der Waals surface area contributed by atoms with Crippen molar-refractivity contribution in [1.29, 1.82) is 0 Å². The molecule has 1 aromatic heterocycles. The second-order valence-electron chi connectivity index (χ2n) is 7.88. The molecule has 0 unspecified atom stereocenters. The molecular weight excluding hydrogens is 358 g/mol. The number of nitrogens with zero attached hydrogens (tertiary/aromatic N) is 3. The quantitative estimate of drug-likeness (QED) is 0.876. The standard InChI is InChI=1S/C21H25N3O4/c1-13-14(2)22-24(15(13)3)9-8-19(25)23-10-17-16-6-4-5-7-18(16)28-12-21(17,11-23)20(26)27/h4-7,17H,8-12H2,1-3H3,(H,26,27)/t17-,21-/m0/s1. The zero-order chi connectivity index (χ0) is 20.1. The molecule has 1 N–H and O–H groups in total. The van der Waals surface area contributed by atoms with Gasteiger partial charge in [0.25, 0.3) is 0 Å². The lowest BCUT2D eigenvalue weighted by molar-refractivity contribution is -0.152. The largest absolute Gasteiger partial charge is 0.492 e. The van der Waals surface area contributed by atoms with Gasteiger partial charge in [0.15, 0.2) is 0 Å². The minimum atomic E-state index is -1.08. The molecule has 1 aromatic carbocycles. The van der Waals surface area contributed by atoms with Crippen LogP contribution in [0.1, 0.15) is 34.9 Å². The SMILES string of the molecule is Cc1nn(CCC(=O)N2C[C@H]3c4ccccc4OC[C@@]3(C(=O)O)C2)c(C)c1C. The maximum Gasteiger partial charge on any atom is 0.315 e. The highest BCUT2D eigenvalue weighted by Crippen LogP contribution is 2.49. The number of hydrogen-bond donors (Lipinski definition) is 1. The number of carbonyl (C=O) groups is 2. The first kappa shape index (κ1) is 18.5. The van der Waals surface area contributed by atoms with Crippen LogP contribution in [0.4, 0.5) is 0 Å². The molecule has 0 spiro atoms. The number of carboxylic acid groups (broad SMARTS) is 1. The van der Waals surface area contributed by atoms with E-state index in [1.54, 1.807) is 4.90 Å². The minimum absolute atomic E-state index is 0.0438. The number of rotatable bonds is 4. The first-order valence-electron chi connectivity index (χ1n) is 9.57. The van der Waals surface area contributed by atoms with E-state index in [2.05, 4.69) is 5.10 Å². The van der Waals surface area contributed by atoms with Gasteiger partial charge in [-0.15, -0.1) is 0 Å². The van der Waals surface area contributed by atoms with Gasteiger partial charge >= 0.3 is 5.97 Å². The van der Waals surface area contributed by atoms with Crippen molar-refractivity contribution in [2.24, 2.45) is 5.41 Å². The summed E-state index contributed by atoms with van der Waals surface area (Å²) in [5.41, 5.74) is 2.96. The summed E-state index contributed by atoms with van der Waals surface area (Å²) in [5, 5.41) is 14.5. The van der Waals surface area contributed by atoms with Crippen LogP contribution in [0.3, 0.4) is 0 Å². The third-order valence-electron chi connectivity index (χ3n) is 6.38. The van der Waals surface area contributed by atoms with E-state index in [0.29, 0.717) is 19.5 Å². The van der Waals surface area contributed by atoms with E-state index >= 15 is 0 Å². The first-order chi connectivity index (χ1) is 13.3. The number of benzene rings is 1. The molecular formula is C21H25N3O4. The number of carbonyl (C=O) groups excluding carboxylic acids is 1. The number of amides is 1. The van der Waals surface area contributed by atoms with E-state index in [4.69, 9.17) is 4.74 Å². The fourth-order valence-electron chi connectivity index (χ4n) is 4.39. The van der Waals surface area contributed by atoms with E-state index in [1.807, 2.05) is 49.7 Å². The lowest BCUT2D eigenvalue weighted by Crippen LogP contribution is -2.46. The Morgan fingerprint density at radius 1 is 1.29 bits per heavy atom. The molecule has 7 nitrogen and oxygen atoms in total. The van der Waals surface area contributed by atoms with Gasteiger partial charge in [0, 0.05) is 43.2 Å². The minimum Gasteiger partial charge on any atom is -0.492 e. The Morgan fingerprint density at radius 3 is 2.71 bits per heavy atom. The number of carboxylic acids is 1. The second kappa shape index (κ2) is 6.65. The topological polar surface area (TPSA) is 84.7 Å². The molecule has 0 aliphatic carbocycles. The van der Waals surface area contributed by atoms with E-state index in [9.17, 15) is 14.7 Å². The Labute approximate surface area is 163 Å². The highest BCUT2D eigenvalue weighted by Gasteiger charge is 2.57. The fraction of sp³-hybridized carbons (Fsp3) is 0.476. The van der Waals surface area contributed by atoms with E-state index in [0.717, 1.165) is 28.3 Å². The summed E-state index contributed by atoms with van der Waals surface area (Å²) in [6.07, 6.45) is 0.298. The molecule has 1 amide bonds. The molecule has 2 atom stereocenters. The average Bonchev–Trinajstić information content (AvgIpc) is 3.21. The van der Waals surface area contributed by atoms with Crippen molar-refractivity contribution >= 4 is 11.9 Å². The van der Waals surface area contributed by atoms with Gasteiger partial charge in [-0.25, -0.2) is 0 Å². The smallest absolute Gasteiger partial charge is 0.315 e. The Balaban J connectivity index is 1.53. The van der Waals surface area contributed by atoms with Crippen LogP contribution in [0.25, 0.3) is 0 Å². The van der Waals surface area contributed by atoms with Gasteiger partial charge in [0.1, 0.15) is 17.8 Å². The normalized spacial score (nSPS) is 23.1. The predicted molar refractivity (Wildman–Crippen MR) is 102 cm³/mol. The number of ether oxygens (including phenoxy) is 1. The Kier molecular flexibility index (Phi) is 4.40. The fourth-order valence-corrected chi connectivity index (χ4v) is 4.39. The van der Waals surface area contributed by atoms with E-state index in [-0.39, 0.29) is 25.0 Å². The second-order valence-corrected chi connectivity index (χ2v) is 7.88. The zero-order valence-corrected chi connectivity index (χ0v) is 16.4. The van der Waals surface area contributed by atoms with Gasteiger partial charge in [0.05, 0.1) is 5.69 Å². The third-order valence-corrected chi connectivity index (χ3v) is 6.38. The van der Waals surface area contributed by atoms with Crippen LogP contribution >= 0.6 is 0 Å². The Hall–Kier alpha value is -2.83. The number of aliphatic carboxylic acids is 1. The summed E-state index contributed by atoms with van der Waals surface area (Å²) in [6, 6.07) is 7.52. The van der Waals surface area contributed by atoms with Gasteiger partial charge in [-0.05, 0) is 32.4 Å². The highest BCUT2D eigenvalue weighted by atomic mass is 16.5. The molecule has 3 heterocycles. The van der Waals surface area contributed by atoms with Crippen molar-refractivity contribution in [2.75, 3.05) is 19.7 Å². The summed E-state index contributed by atoms with van der Waals surface area (Å²) in [6.45, 7) is 7.14. The van der Waals surface area contributed by atoms with Crippen molar-refractivity contribution in [3.8, 4) is 5.75 Å². The van der Waals surface area contributed by atoms with Crippen LogP contribution in [-0.4, -0.2) is 51.4 Å². The van der Waals surface area contributed by atoms with E-state index < -0.39 is 11.4 Å². The molecule has 2 aliphatic rings. The van der Waals surface area contributed by atoms with Crippen molar-refractivity contribution in [2.45, 2.75) is 39.7 Å². The van der Waals surface area contributed by atoms with Crippen LogP contribution in [0, 0.1) is 26.2 Å². The maximum absolute atomic E-state index is 12.9. The number of aromatic nitrogens is 2. The summed E-state index contributed by atoms with van der Waals surface area (Å²) < 4.78 is 7.62. The van der Waals surface area contributed by atoms with Crippen LogP contribution in [0.2, 0.25) is 0 Å². The average molecular weight is 383 g/mol. The van der Waals surface area contributed by atoms with Crippen molar-refractivity contribution in [1.82, 2.24) is 14.7 Å². The van der Waals surface area contributed by atoms with Gasteiger partial charge in [-0.2, -0.15) is 5.10 Å². The number of para-hydroxylation sites is 1. The molecule has 28 heavy (non-hydrogen) atoms. The van der Waals surface area contributed by atoms with Crippen LogP contribution in [0.5, 0.6) is 5.75 Å². The molecule has 0 radical (unpaired) electrons. The summed E-state index contributed by atoms with van der Waals surface area (Å²) in [4.78, 5) is 26.7. The lowest BCUT2D eigenvalue weighted by Gasteiger charge is -2.35. The first-order valence-corrected chi connectivity index (χ1v) is 9.57. The molecule has 0 bridgehead atoms. The van der Waals surface area contributed by atoms with Crippen LogP contribution in [0.15, 0.2) is 24.3 Å². The van der Waals surface area contributed by atoms with Gasteiger partial charge in [-0.3, -0.25) is 14.3 Å². The molecule has 1 saturated heterocycles. The monoisotopic (exact) mass is 383 g/mol. The van der Waals surface area contributed by atoms with Crippen LogP contribution in [-0.2, 0) is 16.1 Å². The van der Waals surface area contributed by atoms with Crippen molar-refractivity contribution in [3.05, 3.63) is 46.8 Å². The van der Waals surface area contributed by atoms with Gasteiger partial charge in [0.2, 0.25) is 5.91 Å². The number of aryl methyl sites for hydroxylation is 2. The molecule has 148 valence electrons. The van der Waals surface area contributed by atoms with Crippen molar-refractivity contribution < 1.29 is 19.4 Å². The number of fused-ring (bicyclic) bond motifs is 3. The molecule has 7 heteroatoms. The van der Waals surface area contributed by atoms with Gasteiger partial charge in [-0.1, -0.05) is 18.2 Å². The number of likely N-dealkylation sites (tertiary alicyclic amines) is 1. The van der Waals surface area contributed by atoms with E-state index in [1.165, 1.54) is 0 Å². The molecule has 2 aromatic rings. The molecule has 1 fully saturated rings. The Morgan fingerprint density at radius 2 is 2.04 bits per heavy atom. The highest BCUT2D eigenvalue weighted by molar-refractivity contribution is 5.83. The molecule has 4 rings (SSSR count). The van der Waals surface area contributed by atoms with Gasteiger partial charge < -0.3 is 14.7 Å². The predicted octanol–water partition coefficient (Wildman–Crippen LogP) is 2.29. The third kappa shape index (κ3) is 2.77. The Bertz CT molecular complexity index is 951. The lowest BCUT2D eigenvalue weighted by atomic mass is 9.73. The van der Waals surface area contributed by atoms with Crippen LogP contribution < -0.4 is 4.74 Å². The molecule has 0 saturated carbocycles. The summed E-state index contributed by atoms with van der Waals surface area (Å²) in [7, 11) is 0. The zero-order valence-electron chi connectivity index (χ0n) is 16.4.